The number of nitrogens with zero attached hydrogens (tertiary/aromatic N) is 1. The summed E-state index contributed by atoms with van der Waals surface area (Å²) >= 11 is 0. The molecule has 23 heavy (non-hydrogen) atoms. The van der Waals surface area contributed by atoms with E-state index in [-0.39, 0.29) is 18.2 Å². The largest absolute Gasteiger partial charge is 0.416 e. The number of anilines is 1. The maximum absolute atomic E-state index is 12.7. The molecule has 126 valence electrons. The summed E-state index contributed by atoms with van der Waals surface area (Å²) in [5, 5.41) is 6.07. The average Bonchev–Trinajstić information content (AvgIpc) is 2.44. The first-order chi connectivity index (χ1) is 10.6. The van der Waals surface area contributed by atoms with Gasteiger partial charge >= 0.3 is 12.4 Å². The number of carbonyl (C=O) groups excluding carboxylic acids is 1. The van der Waals surface area contributed by atoms with Crippen molar-refractivity contribution in [1.29, 1.82) is 0 Å². The number of halogens is 6. The number of alkyl halides is 6. The molecule has 1 fully saturated rings. The van der Waals surface area contributed by atoms with Crippen LogP contribution in [-0.4, -0.2) is 18.2 Å². The van der Waals surface area contributed by atoms with Gasteiger partial charge in [0.15, 0.2) is 0 Å². The Balaban J connectivity index is 2.34. The van der Waals surface area contributed by atoms with Crippen molar-refractivity contribution < 1.29 is 31.1 Å². The van der Waals surface area contributed by atoms with E-state index >= 15 is 0 Å². The van der Waals surface area contributed by atoms with Crippen LogP contribution in [0.25, 0.3) is 0 Å². The molecule has 4 nitrogen and oxygen atoms in total. The predicted molar refractivity (Wildman–Crippen MR) is 69.7 cm³/mol. The summed E-state index contributed by atoms with van der Waals surface area (Å²) in [5.74, 6) is -0.508. The Kier molecular flexibility index (Phi) is 4.53. The Bertz CT molecular complexity index is 603. The van der Waals surface area contributed by atoms with Crippen LogP contribution in [0.2, 0.25) is 0 Å². The highest BCUT2D eigenvalue weighted by molar-refractivity contribution is 6.39. The van der Waals surface area contributed by atoms with Crippen molar-refractivity contribution in [1.82, 2.24) is 5.32 Å². The number of amides is 1. The summed E-state index contributed by atoms with van der Waals surface area (Å²) in [7, 11) is 0. The summed E-state index contributed by atoms with van der Waals surface area (Å²) < 4.78 is 76.2. The van der Waals surface area contributed by atoms with Crippen molar-refractivity contribution in [2.24, 2.45) is 5.10 Å². The summed E-state index contributed by atoms with van der Waals surface area (Å²) in [6.07, 6.45) is -9.01. The van der Waals surface area contributed by atoms with Crippen LogP contribution in [0, 0.1) is 0 Å². The normalized spacial score (nSPS) is 18.0. The molecule has 0 aliphatic carbocycles. The number of benzene rings is 1. The Hall–Kier alpha value is -2.26. The van der Waals surface area contributed by atoms with Crippen molar-refractivity contribution in [2.45, 2.75) is 25.2 Å². The molecule has 1 aliphatic rings. The van der Waals surface area contributed by atoms with Crippen LogP contribution < -0.4 is 10.7 Å². The van der Waals surface area contributed by atoms with Crippen LogP contribution >= 0.6 is 0 Å². The van der Waals surface area contributed by atoms with Gasteiger partial charge in [0.1, 0.15) is 5.71 Å². The molecular formula is C13H11F6N3O. The summed E-state index contributed by atoms with van der Waals surface area (Å²) in [4.78, 5) is 11.4. The number of hydrogen-bond acceptors (Lipinski definition) is 3. The van der Waals surface area contributed by atoms with Gasteiger partial charge in [-0.05, 0) is 31.0 Å². The molecule has 0 unspecified atom stereocenters. The first kappa shape index (κ1) is 17.1. The molecule has 1 aliphatic heterocycles. The zero-order chi connectivity index (χ0) is 17.3. The number of rotatable bonds is 2. The summed E-state index contributed by atoms with van der Waals surface area (Å²) in [5.41, 5.74) is -1.30. The van der Waals surface area contributed by atoms with Gasteiger partial charge in [-0.25, -0.2) is 0 Å². The quantitative estimate of drug-likeness (QED) is 0.641. The first-order valence-corrected chi connectivity index (χ1v) is 6.47. The second-order valence-electron chi connectivity index (χ2n) is 4.82. The fourth-order valence-corrected chi connectivity index (χ4v) is 1.93. The molecule has 1 amide bonds. The molecule has 0 atom stereocenters. The molecule has 1 aromatic carbocycles. The van der Waals surface area contributed by atoms with Crippen LogP contribution in [0.3, 0.4) is 0 Å². The van der Waals surface area contributed by atoms with Crippen molar-refractivity contribution in [3.63, 3.8) is 0 Å². The molecule has 2 rings (SSSR count). The molecule has 0 spiro atoms. The van der Waals surface area contributed by atoms with Crippen molar-refractivity contribution >= 4 is 17.3 Å². The molecule has 0 aromatic heterocycles. The third-order valence-electron chi connectivity index (χ3n) is 3.05. The zero-order valence-electron chi connectivity index (χ0n) is 11.5. The topological polar surface area (TPSA) is 53.5 Å². The molecule has 10 heteroatoms. The third-order valence-corrected chi connectivity index (χ3v) is 3.05. The van der Waals surface area contributed by atoms with Crippen LogP contribution in [0.15, 0.2) is 23.3 Å². The SMILES string of the molecule is O=C1NCCCC1=NNc1cc(C(F)(F)F)cc(C(F)(F)F)c1. The van der Waals surface area contributed by atoms with E-state index < -0.39 is 35.1 Å². The van der Waals surface area contributed by atoms with E-state index in [2.05, 4.69) is 15.8 Å². The number of hydrazone groups is 1. The van der Waals surface area contributed by atoms with E-state index in [1.807, 2.05) is 0 Å². The maximum Gasteiger partial charge on any atom is 0.416 e. The van der Waals surface area contributed by atoms with Gasteiger partial charge in [-0.15, -0.1) is 0 Å². The van der Waals surface area contributed by atoms with E-state index in [1.54, 1.807) is 0 Å². The lowest BCUT2D eigenvalue weighted by Crippen LogP contribution is -2.37. The van der Waals surface area contributed by atoms with E-state index in [9.17, 15) is 31.1 Å². The van der Waals surface area contributed by atoms with E-state index in [0.717, 1.165) is 0 Å². The molecule has 1 heterocycles. The number of nitrogens with one attached hydrogen (secondary N) is 2. The second-order valence-corrected chi connectivity index (χ2v) is 4.82. The molecule has 2 N–H and O–H groups in total. The average molecular weight is 339 g/mol. The fourth-order valence-electron chi connectivity index (χ4n) is 1.93. The van der Waals surface area contributed by atoms with Crippen LogP contribution in [0.5, 0.6) is 0 Å². The van der Waals surface area contributed by atoms with E-state index in [0.29, 0.717) is 25.1 Å². The minimum absolute atomic E-state index is 0.0159. The third kappa shape index (κ3) is 4.36. The van der Waals surface area contributed by atoms with E-state index in [1.165, 1.54) is 0 Å². The van der Waals surface area contributed by atoms with Gasteiger partial charge in [0.05, 0.1) is 16.8 Å². The molecule has 1 saturated heterocycles. The second kappa shape index (κ2) is 6.09. The predicted octanol–water partition coefficient (Wildman–Crippen LogP) is 3.40. The van der Waals surface area contributed by atoms with Crippen LogP contribution in [0.4, 0.5) is 32.0 Å². The van der Waals surface area contributed by atoms with E-state index in [4.69, 9.17) is 0 Å². The summed E-state index contributed by atoms with van der Waals surface area (Å²) in [6.45, 7) is 0.444. The highest BCUT2D eigenvalue weighted by Gasteiger charge is 2.37. The molecule has 0 saturated carbocycles. The summed E-state index contributed by atoms with van der Waals surface area (Å²) in [6, 6.07) is 1.02. The minimum atomic E-state index is -4.94. The highest BCUT2D eigenvalue weighted by atomic mass is 19.4. The van der Waals surface area contributed by atoms with Crippen LogP contribution in [-0.2, 0) is 17.1 Å². The Morgan fingerprint density at radius 1 is 1.00 bits per heavy atom. The van der Waals surface area contributed by atoms with Gasteiger partial charge in [0.25, 0.3) is 5.91 Å². The lowest BCUT2D eigenvalue weighted by molar-refractivity contribution is -0.143. The number of piperidine rings is 1. The Morgan fingerprint density at radius 3 is 2.04 bits per heavy atom. The number of hydrogen-bond donors (Lipinski definition) is 2. The molecule has 1 aromatic rings. The smallest absolute Gasteiger partial charge is 0.351 e. The minimum Gasteiger partial charge on any atom is -0.351 e. The maximum atomic E-state index is 12.7. The van der Waals surface area contributed by atoms with Gasteiger partial charge < -0.3 is 5.32 Å². The van der Waals surface area contributed by atoms with Crippen molar-refractivity contribution in [3.05, 3.63) is 29.3 Å². The standard InChI is InChI=1S/C13H11F6N3O/c14-12(15,16)7-4-8(13(17,18)19)6-9(5-7)21-22-10-2-1-3-20-11(10)23/h4-6,21H,1-3H2,(H,20,23). The Labute approximate surface area is 126 Å². The number of carbonyl (C=O) groups is 1. The van der Waals surface area contributed by atoms with Gasteiger partial charge in [-0.1, -0.05) is 0 Å². The van der Waals surface area contributed by atoms with Gasteiger partial charge in [-0.3, -0.25) is 10.2 Å². The first-order valence-electron chi connectivity index (χ1n) is 6.47. The van der Waals surface area contributed by atoms with Gasteiger partial charge in [-0.2, -0.15) is 31.4 Å². The Morgan fingerprint density at radius 2 is 1.57 bits per heavy atom. The lowest BCUT2D eigenvalue weighted by atomic mass is 10.1. The lowest BCUT2D eigenvalue weighted by Gasteiger charge is -2.15. The molecule has 0 radical (unpaired) electrons. The zero-order valence-corrected chi connectivity index (χ0v) is 11.5. The molecule has 0 bridgehead atoms. The fraction of sp³-hybridized carbons (Fsp3) is 0.385. The monoisotopic (exact) mass is 339 g/mol. The highest BCUT2D eigenvalue weighted by Crippen LogP contribution is 2.37. The van der Waals surface area contributed by atoms with Gasteiger partial charge in [0.2, 0.25) is 0 Å². The van der Waals surface area contributed by atoms with Gasteiger partial charge in [0, 0.05) is 6.54 Å². The molecular weight excluding hydrogens is 328 g/mol. The van der Waals surface area contributed by atoms with Crippen LogP contribution in [0.1, 0.15) is 24.0 Å². The van der Waals surface area contributed by atoms with Crippen molar-refractivity contribution in [2.75, 3.05) is 12.0 Å². The van der Waals surface area contributed by atoms with Crippen molar-refractivity contribution in [3.8, 4) is 0 Å².